The molecule has 0 unspecified atom stereocenters. The fraction of sp³-hybridized carbons (Fsp3) is 0.593. The van der Waals surface area contributed by atoms with E-state index in [-0.39, 0.29) is 51.3 Å². The molecule has 5 amide bonds. The van der Waals surface area contributed by atoms with Crippen molar-refractivity contribution in [2.24, 2.45) is 22.4 Å². The lowest BCUT2D eigenvalue weighted by molar-refractivity contribution is -0.141. The molecule has 2 fully saturated rings. The standard InChI is InChI=1S/C27H41N9O7/c28-26(29)32-9-4-7-18-22(39)33-15-21(38)36-27(14-17(27)24(41)42)25(43)35-19(13-16-5-2-1-3-6-16)23(40)31-12-11-30-10-8-20(37)34-18/h2,5-6,17-19,30H,1,3-4,7-15H2,(H,31,40)(H,33,39)(H,34,37)(H,35,43)(H,36,38)(H,41,42)(H4,28,29,32)/t17-,18+,19-,27-/m1/s1. The van der Waals surface area contributed by atoms with Gasteiger partial charge in [0.15, 0.2) is 5.96 Å². The van der Waals surface area contributed by atoms with Crippen molar-refractivity contribution in [3.05, 3.63) is 23.8 Å². The smallest absolute Gasteiger partial charge is 0.309 e. The van der Waals surface area contributed by atoms with Crippen molar-refractivity contribution in [2.45, 2.75) is 62.6 Å². The number of carboxylic acid groups (broad SMARTS) is 1. The minimum absolute atomic E-state index is 0.0460. The Hall–Kier alpha value is -4.47. The van der Waals surface area contributed by atoms with Gasteiger partial charge in [-0.25, -0.2) is 0 Å². The number of hydrogen-bond acceptors (Lipinski definition) is 8. The second kappa shape index (κ2) is 15.7. The highest BCUT2D eigenvalue weighted by Crippen LogP contribution is 2.44. The van der Waals surface area contributed by atoms with Gasteiger partial charge < -0.3 is 48.5 Å². The molecule has 0 aromatic rings. The first-order valence-corrected chi connectivity index (χ1v) is 14.3. The number of aliphatic imine (C=N–C) groups is 1. The largest absolute Gasteiger partial charge is 0.481 e. The SMILES string of the molecule is NC(N)=NCCC[C@@H]1NC(=O)CCNCCNC(=O)[C@@H](CC2=CCCC=C2)NC(=O)[C@]2(C[C@@H]2C(=O)O)NC(=O)CNC1=O. The molecule has 0 aromatic heterocycles. The highest BCUT2D eigenvalue weighted by atomic mass is 16.4. The number of nitrogens with two attached hydrogens (primary N) is 2. The van der Waals surface area contributed by atoms with Gasteiger partial charge >= 0.3 is 5.97 Å². The molecule has 3 rings (SSSR count). The van der Waals surface area contributed by atoms with Crippen LogP contribution in [0, 0.1) is 5.92 Å². The second-order valence-corrected chi connectivity index (χ2v) is 10.7. The average molecular weight is 604 g/mol. The van der Waals surface area contributed by atoms with Crippen LogP contribution < -0.4 is 43.4 Å². The number of allylic oxidation sites excluding steroid dienone is 3. The fourth-order valence-corrected chi connectivity index (χ4v) is 4.90. The Bertz CT molecular complexity index is 1180. The Labute approximate surface area is 248 Å². The Morgan fingerprint density at radius 2 is 1.74 bits per heavy atom. The number of nitrogens with one attached hydrogen (secondary N) is 6. The van der Waals surface area contributed by atoms with Gasteiger partial charge in [-0.15, -0.1) is 0 Å². The Morgan fingerprint density at radius 1 is 0.977 bits per heavy atom. The number of hydrogen-bond donors (Lipinski definition) is 9. The quantitative estimate of drug-likeness (QED) is 0.0802. The van der Waals surface area contributed by atoms with E-state index >= 15 is 0 Å². The zero-order chi connectivity index (χ0) is 31.4. The van der Waals surface area contributed by atoms with E-state index < -0.39 is 65.6 Å². The summed E-state index contributed by atoms with van der Waals surface area (Å²) < 4.78 is 0. The predicted molar refractivity (Wildman–Crippen MR) is 155 cm³/mol. The van der Waals surface area contributed by atoms with Crippen molar-refractivity contribution in [1.29, 1.82) is 0 Å². The number of carboxylic acids is 1. The molecule has 3 aliphatic rings. The van der Waals surface area contributed by atoms with Crippen LogP contribution in [-0.4, -0.2) is 96.9 Å². The summed E-state index contributed by atoms with van der Waals surface area (Å²) in [5.41, 5.74) is 9.71. The summed E-state index contributed by atoms with van der Waals surface area (Å²) in [6.07, 6.45) is 8.02. The maximum atomic E-state index is 13.5. The highest BCUT2D eigenvalue weighted by molar-refractivity contribution is 6.03. The first kappa shape index (κ1) is 33.0. The van der Waals surface area contributed by atoms with Crippen molar-refractivity contribution >= 4 is 41.5 Å². The normalized spacial score (nSPS) is 27.6. The molecular weight excluding hydrogens is 562 g/mol. The van der Waals surface area contributed by atoms with Crippen molar-refractivity contribution in [3.8, 4) is 0 Å². The van der Waals surface area contributed by atoms with Crippen molar-refractivity contribution in [2.75, 3.05) is 32.7 Å². The van der Waals surface area contributed by atoms with Crippen LogP contribution >= 0.6 is 0 Å². The highest BCUT2D eigenvalue weighted by Gasteiger charge is 2.65. The van der Waals surface area contributed by atoms with Gasteiger partial charge in [-0.2, -0.15) is 0 Å². The number of carbonyl (C=O) groups is 6. The van der Waals surface area contributed by atoms with Crippen LogP contribution in [0.3, 0.4) is 0 Å². The Kier molecular flexibility index (Phi) is 12.0. The van der Waals surface area contributed by atoms with Gasteiger partial charge in [-0.05, 0) is 37.7 Å². The number of amides is 5. The van der Waals surface area contributed by atoms with Crippen LogP contribution in [0.15, 0.2) is 28.8 Å². The molecule has 1 saturated carbocycles. The number of rotatable bonds is 7. The molecule has 1 aliphatic heterocycles. The summed E-state index contributed by atoms with van der Waals surface area (Å²) in [5, 5.41) is 25.6. The number of guanidine groups is 1. The average Bonchev–Trinajstić information content (AvgIpc) is 3.70. The van der Waals surface area contributed by atoms with Gasteiger partial charge in [0.05, 0.1) is 12.5 Å². The summed E-state index contributed by atoms with van der Waals surface area (Å²) in [7, 11) is 0. The summed E-state index contributed by atoms with van der Waals surface area (Å²) in [6.45, 7) is 0.425. The van der Waals surface area contributed by atoms with E-state index in [1.54, 1.807) is 0 Å². The number of nitrogens with zero attached hydrogens (tertiary/aromatic N) is 1. The van der Waals surface area contributed by atoms with Crippen molar-refractivity contribution in [1.82, 2.24) is 31.9 Å². The summed E-state index contributed by atoms with van der Waals surface area (Å²) in [6, 6.07) is -2.03. The Balaban J connectivity index is 1.77. The molecule has 1 heterocycles. The lowest BCUT2D eigenvalue weighted by atomic mass is 9.99. The zero-order valence-electron chi connectivity index (χ0n) is 23.9. The van der Waals surface area contributed by atoms with Crippen molar-refractivity contribution < 1.29 is 33.9 Å². The van der Waals surface area contributed by atoms with E-state index in [0.29, 0.717) is 13.0 Å². The van der Waals surface area contributed by atoms with Crippen LogP contribution in [0.5, 0.6) is 0 Å². The Morgan fingerprint density at radius 3 is 2.42 bits per heavy atom. The molecule has 0 bridgehead atoms. The third-order valence-electron chi connectivity index (χ3n) is 7.31. The van der Waals surface area contributed by atoms with E-state index in [1.807, 2.05) is 18.2 Å². The van der Waals surface area contributed by atoms with Crippen LogP contribution in [0.4, 0.5) is 0 Å². The van der Waals surface area contributed by atoms with E-state index in [1.165, 1.54) is 0 Å². The van der Waals surface area contributed by atoms with Gasteiger partial charge in [-0.1, -0.05) is 18.2 Å². The molecule has 236 valence electrons. The maximum Gasteiger partial charge on any atom is 0.309 e. The molecule has 0 radical (unpaired) electrons. The third-order valence-corrected chi connectivity index (χ3v) is 7.31. The van der Waals surface area contributed by atoms with Gasteiger partial charge in [-0.3, -0.25) is 33.8 Å². The topological polar surface area (TPSA) is 259 Å². The first-order valence-electron chi connectivity index (χ1n) is 14.3. The number of carbonyl (C=O) groups excluding carboxylic acids is 5. The monoisotopic (exact) mass is 603 g/mol. The van der Waals surface area contributed by atoms with Crippen LogP contribution in [0.1, 0.15) is 44.9 Å². The van der Waals surface area contributed by atoms with Gasteiger partial charge in [0.1, 0.15) is 17.6 Å². The molecule has 43 heavy (non-hydrogen) atoms. The lowest BCUT2D eigenvalue weighted by Gasteiger charge is -2.24. The van der Waals surface area contributed by atoms with E-state index in [2.05, 4.69) is 36.9 Å². The van der Waals surface area contributed by atoms with Gasteiger partial charge in [0.25, 0.3) is 0 Å². The molecule has 16 nitrogen and oxygen atoms in total. The maximum absolute atomic E-state index is 13.5. The van der Waals surface area contributed by atoms with Crippen LogP contribution in [-0.2, 0) is 28.8 Å². The number of aliphatic carboxylic acids is 1. The molecule has 1 saturated heterocycles. The van der Waals surface area contributed by atoms with Crippen LogP contribution in [0.2, 0.25) is 0 Å². The lowest BCUT2D eigenvalue weighted by Crippen LogP contribution is -2.58. The minimum Gasteiger partial charge on any atom is -0.481 e. The molecule has 11 N–H and O–H groups in total. The molecule has 16 heteroatoms. The van der Waals surface area contributed by atoms with Gasteiger partial charge in [0, 0.05) is 39.0 Å². The first-order chi connectivity index (χ1) is 20.5. The van der Waals surface area contributed by atoms with Gasteiger partial charge in [0.2, 0.25) is 29.5 Å². The van der Waals surface area contributed by atoms with Crippen molar-refractivity contribution in [3.63, 3.8) is 0 Å². The van der Waals surface area contributed by atoms with E-state index in [0.717, 1.165) is 18.4 Å². The molecule has 4 atom stereocenters. The summed E-state index contributed by atoms with van der Waals surface area (Å²) >= 11 is 0. The van der Waals surface area contributed by atoms with Crippen LogP contribution in [0.25, 0.3) is 0 Å². The summed E-state index contributed by atoms with van der Waals surface area (Å²) in [4.78, 5) is 80.6. The minimum atomic E-state index is -1.79. The fourth-order valence-electron chi connectivity index (χ4n) is 4.90. The molecule has 2 aliphatic carbocycles. The summed E-state index contributed by atoms with van der Waals surface area (Å²) in [5.74, 6) is -5.76. The molecular formula is C27H41N9O7. The predicted octanol–water partition coefficient (Wildman–Crippen LogP) is -3.14. The molecule has 0 aromatic carbocycles. The van der Waals surface area contributed by atoms with E-state index in [4.69, 9.17) is 11.5 Å². The van der Waals surface area contributed by atoms with E-state index in [9.17, 15) is 33.9 Å². The second-order valence-electron chi connectivity index (χ2n) is 10.7. The third kappa shape index (κ3) is 10.1. The molecule has 1 spiro atoms. The zero-order valence-corrected chi connectivity index (χ0v) is 23.9.